The summed E-state index contributed by atoms with van der Waals surface area (Å²) >= 11 is 0. The van der Waals surface area contributed by atoms with Crippen molar-refractivity contribution >= 4 is 97.4 Å². The van der Waals surface area contributed by atoms with Crippen molar-refractivity contribution in [1.29, 1.82) is 0 Å². The lowest BCUT2D eigenvalue weighted by Gasteiger charge is -2.29. The summed E-state index contributed by atoms with van der Waals surface area (Å²) in [7, 11) is 1.84. The minimum Gasteiger partial charge on any atom is -0.480 e. The van der Waals surface area contributed by atoms with Crippen LogP contribution in [-0.4, -0.2) is 195 Å². The van der Waals surface area contributed by atoms with E-state index in [-0.39, 0.29) is 62.6 Å². The molecule has 6 aromatic rings. The van der Waals surface area contributed by atoms with Crippen LogP contribution >= 0.6 is 21.6 Å². The Kier molecular flexibility index (Phi) is 33.4. The number of aliphatic carboxylic acids is 1. The highest BCUT2D eigenvalue weighted by Crippen LogP contribution is 2.24. The molecule has 1 aliphatic heterocycles. The maximum Gasteiger partial charge on any atom is 0.327 e. The highest BCUT2D eigenvalue weighted by atomic mass is 33.1. The second-order valence-corrected chi connectivity index (χ2v) is 29.0. The molecule has 0 spiro atoms. The molecule has 1 heterocycles. The number of rotatable bonds is 21. The lowest BCUT2D eigenvalue weighted by Crippen LogP contribution is -2.63. The Morgan fingerprint density at radius 3 is 1.22 bits per heavy atom. The molecule has 7 rings (SSSR count). The molecule has 1 aliphatic rings. The largest absolute Gasteiger partial charge is 0.480 e. The molecular formula is C76H97N13O15S2. The molecule has 6 aromatic carbocycles. The number of amides is 10. The van der Waals surface area contributed by atoms with E-state index in [1.54, 1.807) is 109 Å². The van der Waals surface area contributed by atoms with Gasteiger partial charge in [-0.1, -0.05) is 193 Å². The van der Waals surface area contributed by atoms with Crippen molar-refractivity contribution in [2.45, 2.75) is 170 Å². The van der Waals surface area contributed by atoms with Gasteiger partial charge in [0.15, 0.2) is 0 Å². The van der Waals surface area contributed by atoms with Crippen LogP contribution in [0.4, 0.5) is 0 Å². The summed E-state index contributed by atoms with van der Waals surface area (Å²) < 4.78 is 0. The summed E-state index contributed by atoms with van der Waals surface area (Å²) in [6.45, 7) is 5.93. The third-order valence-corrected chi connectivity index (χ3v) is 19.9. The molecule has 10 amide bonds. The normalized spacial score (nSPS) is 23.6. The number of aliphatic hydroxyl groups excluding tert-OH is 3. The number of nitrogens with one attached hydrogen (secondary N) is 11. The smallest absolute Gasteiger partial charge is 0.327 e. The molecule has 30 heteroatoms. The first-order valence-electron chi connectivity index (χ1n) is 35.1. The first kappa shape index (κ1) is 83.5. The molecule has 0 bridgehead atoms. The lowest BCUT2D eigenvalue weighted by atomic mass is 9.98. The monoisotopic (exact) mass is 1500 g/mol. The number of carbonyl (C=O) groups excluding carboxylic acids is 10. The summed E-state index contributed by atoms with van der Waals surface area (Å²) in [6.07, 6.45) is -3.66. The van der Waals surface area contributed by atoms with Crippen LogP contribution in [0.2, 0.25) is 0 Å². The maximum atomic E-state index is 15.5. The second kappa shape index (κ2) is 42.4. The number of unbranched alkanes of at least 4 members (excludes halogenated alkanes) is 1. The summed E-state index contributed by atoms with van der Waals surface area (Å²) in [4.78, 5) is 160. The fourth-order valence-corrected chi connectivity index (χ4v) is 13.8. The van der Waals surface area contributed by atoms with E-state index in [0.717, 1.165) is 44.8 Å². The number of hydrogen-bond acceptors (Lipinski definition) is 19. The van der Waals surface area contributed by atoms with Gasteiger partial charge in [0, 0.05) is 56.2 Å². The number of aliphatic hydroxyl groups is 3. The zero-order valence-corrected chi connectivity index (χ0v) is 61.2. The van der Waals surface area contributed by atoms with E-state index in [0.29, 0.717) is 47.2 Å². The van der Waals surface area contributed by atoms with Crippen molar-refractivity contribution in [3.05, 3.63) is 191 Å². The average molecular weight is 1500 g/mol. The van der Waals surface area contributed by atoms with E-state index in [1.165, 1.54) is 6.92 Å². The van der Waals surface area contributed by atoms with Crippen molar-refractivity contribution in [3.8, 4) is 0 Å². The summed E-state index contributed by atoms with van der Waals surface area (Å²) in [5.41, 5.74) is 15.9. The molecule has 19 N–H and O–H groups in total. The Balaban J connectivity index is 1.32. The minimum absolute atomic E-state index is 0.0308. The van der Waals surface area contributed by atoms with Gasteiger partial charge in [-0.25, -0.2) is 4.79 Å². The molecule has 106 heavy (non-hydrogen) atoms. The Labute approximate surface area is 623 Å². The van der Waals surface area contributed by atoms with Gasteiger partial charge in [0.1, 0.15) is 60.4 Å². The molecule has 0 aromatic heterocycles. The molecular weight excluding hydrogens is 1400 g/mol. The Bertz CT molecular complexity index is 3920. The number of benzene rings is 6. The summed E-state index contributed by atoms with van der Waals surface area (Å²) in [5, 5.41) is 74.1. The Morgan fingerprint density at radius 2 is 0.783 bits per heavy atom. The van der Waals surface area contributed by atoms with Crippen LogP contribution in [-0.2, 0) is 91.4 Å². The van der Waals surface area contributed by atoms with Crippen LogP contribution in [0, 0.1) is 0 Å². The fourth-order valence-electron chi connectivity index (χ4n) is 11.5. The van der Waals surface area contributed by atoms with Crippen LogP contribution in [0.1, 0.15) is 80.3 Å². The highest BCUT2D eigenvalue weighted by molar-refractivity contribution is 8.76. The van der Waals surface area contributed by atoms with Crippen molar-refractivity contribution in [1.82, 2.24) is 58.5 Å². The van der Waals surface area contributed by atoms with Crippen molar-refractivity contribution in [3.63, 3.8) is 0 Å². The highest BCUT2D eigenvalue weighted by Gasteiger charge is 2.39. The van der Waals surface area contributed by atoms with Gasteiger partial charge < -0.3 is 90.4 Å². The van der Waals surface area contributed by atoms with Gasteiger partial charge in [0.05, 0.1) is 24.9 Å². The summed E-state index contributed by atoms with van der Waals surface area (Å²) in [6, 6.07) is 28.2. The zero-order valence-electron chi connectivity index (χ0n) is 59.5. The van der Waals surface area contributed by atoms with Crippen LogP contribution < -0.4 is 70.0 Å². The molecule has 1 fully saturated rings. The van der Waals surface area contributed by atoms with Crippen molar-refractivity contribution in [2.75, 3.05) is 24.7 Å². The first-order valence-corrected chi connectivity index (χ1v) is 37.6. The van der Waals surface area contributed by atoms with Crippen molar-refractivity contribution < 1.29 is 73.2 Å². The molecule has 13 atom stereocenters. The topological polar surface area (TPSA) is 453 Å². The van der Waals surface area contributed by atoms with Gasteiger partial charge in [-0.05, 0) is 83.8 Å². The molecule has 1 saturated heterocycles. The first-order chi connectivity index (χ1) is 50.8. The minimum atomic E-state index is -1.91. The SMILES string of the molecule is CC(C)NCc1ccc(CC2NC(=O)C(Cc3ccc4ccccc4c3)NC(=O)C(Cc3ccccc3)NC(=O)C(Cc3ccccc3)NC(=O)C(CCCCN)NC(=O)C(N)CSSCC(C(=O)O)NC(=O)C(CO)NC(=O)C(C(C)O)NC(=O)C(Cc3ccccc3)NC(=O)C(C(C)O)NC2=O)cc1. The number of fused-ring (bicyclic) bond motifs is 1. The van der Waals surface area contributed by atoms with E-state index in [2.05, 4.69) is 58.5 Å². The van der Waals surface area contributed by atoms with Gasteiger partial charge >= 0.3 is 5.97 Å². The van der Waals surface area contributed by atoms with Crippen LogP contribution in [0.25, 0.3) is 10.8 Å². The fraction of sp³-hybridized carbons (Fsp3) is 0.408. The maximum absolute atomic E-state index is 15.5. The molecule has 28 nitrogen and oxygen atoms in total. The van der Waals surface area contributed by atoms with E-state index >= 15 is 19.2 Å². The van der Waals surface area contributed by atoms with E-state index in [1.807, 2.05) is 62.4 Å². The third-order valence-electron chi connectivity index (χ3n) is 17.5. The predicted molar refractivity (Wildman–Crippen MR) is 403 cm³/mol. The number of carboxylic acid groups (broad SMARTS) is 1. The van der Waals surface area contributed by atoms with E-state index in [4.69, 9.17) is 11.5 Å². The van der Waals surface area contributed by atoms with Crippen molar-refractivity contribution in [2.24, 2.45) is 11.5 Å². The standard InChI is InChI=1S/C76H97N13O15S2/c1-44(2)79-40-51-29-27-50(28-30-51)38-59-71(98)88-64(45(3)91)74(101)85-60(37-49-22-12-7-13-23-49)72(99)89-65(46(4)92)75(102)86-62(41-90)73(100)87-63(76(103)104)43-106-105-42-55(78)66(93)80-56(26-16-17-33-77)67(94)81-57(35-47-18-8-5-9-19-47)68(95)82-58(36-48-20-10-6-11-21-48)69(96)84-61(70(97)83-59)39-52-31-32-53-24-14-15-25-54(53)34-52/h5-15,18-25,27-32,34,44-46,55-65,79,90-92H,16-17,26,33,35-43,77-78H2,1-4H3,(H,80,93)(H,81,94)(H,82,95)(H,83,97)(H,84,96)(H,85,101)(H,86,102)(H,87,100)(H,88,98)(H,89,99)(H,103,104). The molecule has 0 saturated carbocycles. The van der Waals surface area contributed by atoms with Crippen LogP contribution in [0.5, 0.6) is 0 Å². The molecule has 13 unspecified atom stereocenters. The average Bonchev–Trinajstić information content (AvgIpc) is 0.831. The number of carbonyl (C=O) groups is 11. The van der Waals surface area contributed by atoms with E-state index in [9.17, 15) is 54.0 Å². The molecule has 568 valence electrons. The quantitative estimate of drug-likeness (QED) is 0.0342. The van der Waals surface area contributed by atoms with Gasteiger partial charge in [0.25, 0.3) is 0 Å². The Hall–Kier alpha value is -9.79. The van der Waals surface area contributed by atoms with Gasteiger partial charge in [-0.3, -0.25) is 47.9 Å². The van der Waals surface area contributed by atoms with Gasteiger partial charge in [-0.2, -0.15) is 0 Å². The lowest BCUT2D eigenvalue weighted by molar-refractivity contribution is -0.142. The number of nitrogens with two attached hydrogens (primary N) is 2. The van der Waals surface area contributed by atoms with Gasteiger partial charge in [-0.15, -0.1) is 0 Å². The van der Waals surface area contributed by atoms with E-state index < -0.39 is 150 Å². The van der Waals surface area contributed by atoms with Gasteiger partial charge in [0.2, 0.25) is 59.1 Å². The summed E-state index contributed by atoms with van der Waals surface area (Å²) in [5.74, 6) is -11.9. The third kappa shape index (κ3) is 26.7. The predicted octanol–water partition coefficient (Wildman–Crippen LogP) is 0.389. The number of carboxylic acids is 1. The second-order valence-electron chi connectivity index (χ2n) is 26.4. The molecule has 0 radical (unpaired) electrons. The van der Waals surface area contributed by atoms with Crippen LogP contribution in [0.3, 0.4) is 0 Å². The number of hydrogen-bond donors (Lipinski definition) is 17. The van der Waals surface area contributed by atoms with Crippen LogP contribution in [0.15, 0.2) is 158 Å². The zero-order chi connectivity index (χ0) is 76.8. The Morgan fingerprint density at radius 1 is 0.425 bits per heavy atom. The molecule has 0 aliphatic carbocycles.